The third kappa shape index (κ3) is 5.91. The van der Waals surface area contributed by atoms with Gasteiger partial charge in [0.2, 0.25) is 0 Å². The Hall–Kier alpha value is -2.33. The molecule has 0 heterocycles. The van der Waals surface area contributed by atoms with Gasteiger partial charge in [0.15, 0.2) is 5.96 Å². The summed E-state index contributed by atoms with van der Waals surface area (Å²) < 4.78 is 5.45. The van der Waals surface area contributed by atoms with Crippen molar-refractivity contribution in [3.63, 3.8) is 0 Å². The molecule has 0 unspecified atom stereocenters. The summed E-state index contributed by atoms with van der Waals surface area (Å²) in [5.74, 6) is 1.04. The van der Waals surface area contributed by atoms with Crippen molar-refractivity contribution in [3.8, 4) is 0 Å². The van der Waals surface area contributed by atoms with Crippen LogP contribution in [0.3, 0.4) is 0 Å². The second-order valence-corrected chi connectivity index (χ2v) is 6.64. The first-order valence-corrected chi connectivity index (χ1v) is 8.65. The molecule has 0 aliphatic rings. The zero-order valence-electron chi connectivity index (χ0n) is 15.6. The van der Waals surface area contributed by atoms with Crippen molar-refractivity contribution in [1.29, 1.82) is 0 Å². The highest BCUT2D eigenvalue weighted by Crippen LogP contribution is 2.23. The van der Waals surface area contributed by atoms with Crippen LogP contribution in [-0.4, -0.2) is 38.8 Å². The maximum absolute atomic E-state index is 5.45. The van der Waals surface area contributed by atoms with E-state index in [-0.39, 0.29) is 11.5 Å². The number of nitrogens with one attached hydrogen (secondary N) is 2. The Balaban J connectivity index is 2.07. The number of hydrogen-bond donors (Lipinski definition) is 2. The summed E-state index contributed by atoms with van der Waals surface area (Å²) in [5, 5.41) is 6.78. The molecule has 134 valence electrons. The highest BCUT2D eigenvalue weighted by atomic mass is 16.5. The lowest BCUT2D eigenvalue weighted by Crippen LogP contribution is -2.46. The third-order valence-corrected chi connectivity index (χ3v) is 4.34. The molecule has 0 aliphatic heterocycles. The number of ether oxygens (including phenoxy) is 1. The Morgan fingerprint density at radius 3 is 1.92 bits per heavy atom. The van der Waals surface area contributed by atoms with Gasteiger partial charge in [0.1, 0.15) is 0 Å². The molecule has 0 spiro atoms. The number of benzene rings is 2. The number of hydrogen-bond acceptors (Lipinski definition) is 2. The van der Waals surface area contributed by atoms with Gasteiger partial charge in [0.25, 0.3) is 0 Å². The molecule has 2 N–H and O–H groups in total. The summed E-state index contributed by atoms with van der Waals surface area (Å²) in [7, 11) is 3.51. The Morgan fingerprint density at radius 2 is 1.48 bits per heavy atom. The minimum Gasteiger partial charge on any atom is -0.377 e. The monoisotopic (exact) mass is 339 g/mol. The van der Waals surface area contributed by atoms with Crippen molar-refractivity contribution in [1.82, 2.24) is 10.6 Å². The average molecular weight is 339 g/mol. The predicted molar refractivity (Wildman–Crippen MR) is 105 cm³/mol. The molecule has 2 aromatic rings. The first kappa shape index (κ1) is 19.0. The number of aliphatic imine (C=N–C) groups is 1. The second-order valence-electron chi connectivity index (χ2n) is 6.64. The quantitative estimate of drug-likeness (QED) is 0.600. The van der Waals surface area contributed by atoms with E-state index in [0.29, 0.717) is 6.54 Å². The molecule has 2 aromatic carbocycles. The molecule has 0 saturated heterocycles. The lowest BCUT2D eigenvalue weighted by atomic mass is 9.91. The van der Waals surface area contributed by atoms with Gasteiger partial charge in [-0.25, -0.2) is 0 Å². The van der Waals surface area contributed by atoms with Crippen LogP contribution in [0.1, 0.15) is 30.9 Å². The van der Waals surface area contributed by atoms with E-state index in [1.165, 1.54) is 11.1 Å². The van der Waals surface area contributed by atoms with E-state index in [1.54, 1.807) is 14.2 Å². The summed E-state index contributed by atoms with van der Waals surface area (Å²) in [6, 6.07) is 21.1. The van der Waals surface area contributed by atoms with E-state index < -0.39 is 0 Å². The highest BCUT2D eigenvalue weighted by Gasteiger charge is 2.18. The molecule has 0 amide bonds. The van der Waals surface area contributed by atoms with Crippen LogP contribution in [0.4, 0.5) is 0 Å². The van der Waals surface area contributed by atoms with Crippen molar-refractivity contribution < 1.29 is 4.74 Å². The number of rotatable bonds is 7. The molecule has 0 aromatic heterocycles. The van der Waals surface area contributed by atoms with Gasteiger partial charge in [-0.1, -0.05) is 60.7 Å². The van der Waals surface area contributed by atoms with Crippen molar-refractivity contribution in [2.45, 2.75) is 25.4 Å². The van der Waals surface area contributed by atoms with Crippen LogP contribution in [0, 0.1) is 0 Å². The zero-order chi connectivity index (χ0) is 18.1. The van der Waals surface area contributed by atoms with Crippen molar-refractivity contribution >= 4 is 5.96 Å². The van der Waals surface area contributed by atoms with Gasteiger partial charge in [-0.2, -0.15) is 0 Å². The van der Waals surface area contributed by atoms with Crippen molar-refractivity contribution in [3.05, 3.63) is 71.8 Å². The van der Waals surface area contributed by atoms with Gasteiger partial charge in [0.05, 0.1) is 5.60 Å². The molecule has 2 rings (SSSR count). The smallest absolute Gasteiger partial charge is 0.191 e. The lowest BCUT2D eigenvalue weighted by molar-refractivity contribution is 0.0268. The Morgan fingerprint density at radius 1 is 0.960 bits per heavy atom. The van der Waals surface area contributed by atoms with Gasteiger partial charge >= 0.3 is 0 Å². The van der Waals surface area contributed by atoms with Crippen LogP contribution in [0.15, 0.2) is 65.7 Å². The van der Waals surface area contributed by atoms with Gasteiger partial charge in [0, 0.05) is 33.2 Å². The normalized spacial score (nSPS) is 12.3. The topological polar surface area (TPSA) is 45.7 Å². The van der Waals surface area contributed by atoms with Crippen LogP contribution >= 0.6 is 0 Å². The molecule has 0 aliphatic carbocycles. The second kappa shape index (κ2) is 9.23. The van der Waals surface area contributed by atoms with Crippen LogP contribution < -0.4 is 10.6 Å². The Bertz CT molecular complexity index is 614. The van der Waals surface area contributed by atoms with Crippen LogP contribution in [0.5, 0.6) is 0 Å². The van der Waals surface area contributed by atoms with Crippen LogP contribution in [0.25, 0.3) is 0 Å². The van der Waals surface area contributed by atoms with Gasteiger partial charge in [-0.3, -0.25) is 4.99 Å². The zero-order valence-corrected chi connectivity index (χ0v) is 15.6. The average Bonchev–Trinajstić information content (AvgIpc) is 2.66. The summed E-state index contributed by atoms with van der Waals surface area (Å²) in [5.41, 5.74) is 2.33. The molecule has 0 fully saturated rings. The fourth-order valence-electron chi connectivity index (χ4n) is 2.59. The standard InChI is InChI=1S/C21H29N3O/c1-21(2,25-4)16-24-20(22-3)23-15-19(17-11-7-5-8-12-17)18-13-9-6-10-14-18/h5-14,19H,15-16H2,1-4H3,(H2,22,23,24). The lowest BCUT2D eigenvalue weighted by Gasteiger charge is -2.25. The maximum Gasteiger partial charge on any atom is 0.191 e. The largest absolute Gasteiger partial charge is 0.377 e. The van der Waals surface area contributed by atoms with Crippen LogP contribution in [-0.2, 0) is 4.74 Å². The van der Waals surface area contributed by atoms with Gasteiger partial charge in [-0.05, 0) is 25.0 Å². The SMILES string of the molecule is CN=C(NCC(c1ccccc1)c1ccccc1)NCC(C)(C)OC. The number of methoxy groups -OCH3 is 1. The van der Waals surface area contributed by atoms with E-state index in [2.05, 4.69) is 64.2 Å². The first-order chi connectivity index (χ1) is 12.1. The molecular formula is C21H29N3O. The number of nitrogens with zero attached hydrogens (tertiary/aromatic N) is 1. The van der Waals surface area contributed by atoms with Gasteiger partial charge < -0.3 is 15.4 Å². The van der Waals surface area contributed by atoms with E-state index in [1.807, 2.05) is 26.0 Å². The fraction of sp³-hybridized carbons (Fsp3) is 0.381. The molecule has 25 heavy (non-hydrogen) atoms. The molecule has 0 radical (unpaired) electrons. The van der Waals surface area contributed by atoms with Crippen molar-refractivity contribution in [2.75, 3.05) is 27.2 Å². The first-order valence-electron chi connectivity index (χ1n) is 8.65. The summed E-state index contributed by atoms with van der Waals surface area (Å²) >= 11 is 0. The third-order valence-electron chi connectivity index (χ3n) is 4.34. The summed E-state index contributed by atoms with van der Waals surface area (Å²) in [4.78, 5) is 4.32. The summed E-state index contributed by atoms with van der Waals surface area (Å²) in [6.45, 7) is 5.54. The molecular weight excluding hydrogens is 310 g/mol. The molecule has 0 atom stereocenters. The molecule has 0 bridgehead atoms. The fourth-order valence-corrected chi connectivity index (χ4v) is 2.59. The molecule has 4 heteroatoms. The minimum atomic E-state index is -0.240. The van der Waals surface area contributed by atoms with Gasteiger partial charge in [-0.15, -0.1) is 0 Å². The van der Waals surface area contributed by atoms with Crippen molar-refractivity contribution in [2.24, 2.45) is 4.99 Å². The Labute approximate surface area is 151 Å². The van der Waals surface area contributed by atoms with E-state index in [9.17, 15) is 0 Å². The Kier molecular flexibility index (Phi) is 7.02. The minimum absolute atomic E-state index is 0.240. The predicted octanol–water partition coefficient (Wildman–Crippen LogP) is 3.41. The van der Waals surface area contributed by atoms with E-state index in [4.69, 9.17) is 4.74 Å². The highest BCUT2D eigenvalue weighted by molar-refractivity contribution is 5.79. The molecule has 0 saturated carbocycles. The number of guanidine groups is 1. The van der Waals surface area contributed by atoms with Crippen LogP contribution in [0.2, 0.25) is 0 Å². The van der Waals surface area contributed by atoms with E-state index in [0.717, 1.165) is 12.5 Å². The summed E-state index contributed by atoms with van der Waals surface area (Å²) in [6.07, 6.45) is 0. The van der Waals surface area contributed by atoms with E-state index >= 15 is 0 Å². The molecule has 4 nitrogen and oxygen atoms in total. The maximum atomic E-state index is 5.45.